The summed E-state index contributed by atoms with van der Waals surface area (Å²) in [5.41, 5.74) is 0. The van der Waals surface area contributed by atoms with Gasteiger partial charge in [-0.1, -0.05) is 17.7 Å². The van der Waals surface area contributed by atoms with E-state index in [0.29, 0.717) is 20.7 Å². The van der Waals surface area contributed by atoms with Crippen molar-refractivity contribution in [3.63, 3.8) is 0 Å². The van der Waals surface area contributed by atoms with Crippen molar-refractivity contribution in [1.29, 1.82) is 0 Å². The number of anilines is 1. The minimum atomic E-state index is -0.483. The van der Waals surface area contributed by atoms with Gasteiger partial charge in [-0.25, -0.2) is 4.79 Å². The number of furan rings is 1. The van der Waals surface area contributed by atoms with Crippen LogP contribution in [-0.2, 0) is 4.74 Å². The van der Waals surface area contributed by atoms with Crippen molar-refractivity contribution in [1.82, 2.24) is 0 Å². The van der Waals surface area contributed by atoms with E-state index in [1.807, 2.05) is 0 Å². The van der Waals surface area contributed by atoms with Crippen LogP contribution in [0.15, 0.2) is 59.2 Å². The van der Waals surface area contributed by atoms with Gasteiger partial charge < -0.3 is 19.2 Å². The van der Waals surface area contributed by atoms with Crippen LogP contribution >= 0.6 is 22.9 Å². The molecule has 6 nitrogen and oxygen atoms in total. The molecule has 26 heavy (non-hydrogen) atoms. The number of rotatable bonds is 7. The van der Waals surface area contributed by atoms with E-state index in [1.54, 1.807) is 48.5 Å². The Morgan fingerprint density at radius 1 is 1.12 bits per heavy atom. The summed E-state index contributed by atoms with van der Waals surface area (Å²) in [7, 11) is 0. The van der Waals surface area contributed by atoms with Crippen molar-refractivity contribution in [2.75, 3.05) is 18.5 Å². The molecule has 0 spiro atoms. The highest BCUT2D eigenvalue weighted by Gasteiger charge is 2.14. The quantitative estimate of drug-likeness (QED) is 0.474. The number of benzene rings is 1. The maximum atomic E-state index is 12.0. The molecular formula is C18H14ClNO5S. The van der Waals surface area contributed by atoms with Gasteiger partial charge in [-0.15, -0.1) is 11.3 Å². The molecule has 0 atom stereocenters. The van der Waals surface area contributed by atoms with Crippen molar-refractivity contribution in [2.24, 2.45) is 0 Å². The van der Waals surface area contributed by atoms with E-state index in [4.69, 9.17) is 25.5 Å². The van der Waals surface area contributed by atoms with E-state index in [0.717, 1.165) is 11.3 Å². The summed E-state index contributed by atoms with van der Waals surface area (Å²) in [5.74, 6) is -0.0665. The molecule has 3 rings (SSSR count). The molecule has 0 aliphatic rings. The van der Waals surface area contributed by atoms with Gasteiger partial charge in [-0.05, 0) is 42.5 Å². The van der Waals surface area contributed by atoms with Crippen LogP contribution in [0.4, 0.5) is 5.00 Å². The van der Waals surface area contributed by atoms with Crippen LogP contribution in [0.2, 0.25) is 5.02 Å². The molecule has 2 heterocycles. The molecule has 3 aromatic rings. The number of ether oxygens (including phenoxy) is 2. The smallest absolute Gasteiger partial charge is 0.348 e. The van der Waals surface area contributed by atoms with Gasteiger partial charge in [0.15, 0.2) is 5.76 Å². The van der Waals surface area contributed by atoms with E-state index in [9.17, 15) is 9.59 Å². The molecule has 0 unspecified atom stereocenters. The second kappa shape index (κ2) is 8.55. The third kappa shape index (κ3) is 4.87. The average molecular weight is 392 g/mol. The largest absolute Gasteiger partial charge is 0.490 e. The zero-order valence-corrected chi connectivity index (χ0v) is 15.0. The molecule has 2 aromatic heterocycles. The molecule has 0 saturated carbocycles. The molecule has 0 fully saturated rings. The topological polar surface area (TPSA) is 77.8 Å². The lowest BCUT2D eigenvalue weighted by Gasteiger charge is -2.07. The van der Waals surface area contributed by atoms with E-state index in [1.165, 1.54) is 6.26 Å². The normalized spacial score (nSPS) is 10.3. The molecule has 0 aliphatic heterocycles. The Morgan fingerprint density at radius 3 is 2.77 bits per heavy atom. The fourth-order valence-electron chi connectivity index (χ4n) is 2.02. The second-order valence-corrected chi connectivity index (χ2v) is 6.56. The van der Waals surface area contributed by atoms with Crippen molar-refractivity contribution in [3.05, 3.63) is 70.5 Å². The number of halogens is 1. The number of nitrogens with one attached hydrogen (secondary N) is 1. The lowest BCUT2D eigenvalue weighted by molar-refractivity contribution is 0.0456. The molecule has 8 heteroatoms. The first-order valence-corrected chi connectivity index (χ1v) is 8.81. The Morgan fingerprint density at radius 2 is 2.00 bits per heavy atom. The number of carbonyl (C=O) groups is 2. The SMILES string of the molecule is O=C(Nc1ccc(C(=O)OCCOc2cccc(Cl)c2)s1)c1ccco1. The standard InChI is InChI=1S/C18H14ClNO5S/c19-12-3-1-4-13(11-12)23-9-10-25-18(22)15-6-7-16(26-15)20-17(21)14-5-2-8-24-14/h1-8,11H,9-10H2,(H,20,21). The monoisotopic (exact) mass is 391 g/mol. The van der Waals surface area contributed by atoms with Crippen LogP contribution in [0, 0.1) is 0 Å². The van der Waals surface area contributed by atoms with Crippen LogP contribution in [0.25, 0.3) is 0 Å². The summed E-state index contributed by atoms with van der Waals surface area (Å²) in [6.07, 6.45) is 1.41. The zero-order chi connectivity index (χ0) is 18.4. The van der Waals surface area contributed by atoms with Crippen LogP contribution < -0.4 is 10.1 Å². The predicted molar refractivity (Wildman–Crippen MR) is 98.2 cm³/mol. The summed E-state index contributed by atoms with van der Waals surface area (Å²) in [4.78, 5) is 24.3. The summed E-state index contributed by atoms with van der Waals surface area (Å²) in [6, 6.07) is 13.3. The fourth-order valence-corrected chi connectivity index (χ4v) is 2.99. The first-order chi connectivity index (χ1) is 12.6. The summed E-state index contributed by atoms with van der Waals surface area (Å²) in [5, 5.41) is 3.75. The van der Waals surface area contributed by atoms with Crippen LogP contribution in [0.1, 0.15) is 20.2 Å². The van der Waals surface area contributed by atoms with Crippen molar-refractivity contribution in [2.45, 2.75) is 0 Å². The van der Waals surface area contributed by atoms with Crippen molar-refractivity contribution < 1.29 is 23.5 Å². The number of amides is 1. The molecule has 0 bridgehead atoms. The summed E-state index contributed by atoms with van der Waals surface area (Å²) in [6.45, 7) is 0.302. The highest BCUT2D eigenvalue weighted by atomic mass is 35.5. The molecule has 0 saturated heterocycles. The van der Waals surface area contributed by atoms with Gasteiger partial charge in [0.1, 0.15) is 23.8 Å². The molecular weight excluding hydrogens is 378 g/mol. The van der Waals surface area contributed by atoms with Crippen LogP contribution in [0.3, 0.4) is 0 Å². The Hall–Kier alpha value is -2.77. The Kier molecular flexibility index (Phi) is 5.93. The highest BCUT2D eigenvalue weighted by Crippen LogP contribution is 2.23. The first kappa shape index (κ1) is 18.0. The zero-order valence-electron chi connectivity index (χ0n) is 13.4. The lowest BCUT2D eigenvalue weighted by atomic mass is 10.3. The molecule has 0 radical (unpaired) electrons. The van der Waals surface area contributed by atoms with E-state index < -0.39 is 5.97 Å². The van der Waals surface area contributed by atoms with E-state index >= 15 is 0 Å². The maximum absolute atomic E-state index is 12.0. The highest BCUT2D eigenvalue weighted by molar-refractivity contribution is 7.18. The maximum Gasteiger partial charge on any atom is 0.348 e. The number of hydrogen-bond donors (Lipinski definition) is 1. The Balaban J connectivity index is 1.45. The van der Waals surface area contributed by atoms with Gasteiger partial charge in [0.25, 0.3) is 5.91 Å². The predicted octanol–water partition coefficient (Wildman–Crippen LogP) is 4.48. The van der Waals surface area contributed by atoms with E-state index in [-0.39, 0.29) is 24.9 Å². The average Bonchev–Trinajstić information content (AvgIpc) is 3.30. The van der Waals surface area contributed by atoms with Crippen molar-refractivity contribution >= 4 is 39.8 Å². The molecule has 0 aliphatic carbocycles. The summed E-state index contributed by atoms with van der Waals surface area (Å²) >= 11 is 6.98. The molecule has 134 valence electrons. The number of hydrogen-bond acceptors (Lipinski definition) is 6. The molecule has 1 N–H and O–H groups in total. The first-order valence-electron chi connectivity index (χ1n) is 7.62. The van der Waals surface area contributed by atoms with E-state index in [2.05, 4.69) is 5.32 Å². The number of thiophene rings is 1. The third-order valence-corrected chi connectivity index (χ3v) is 4.39. The summed E-state index contributed by atoms with van der Waals surface area (Å²) < 4.78 is 15.6. The third-order valence-electron chi connectivity index (χ3n) is 3.17. The minimum Gasteiger partial charge on any atom is -0.490 e. The second-order valence-electron chi connectivity index (χ2n) is 5.04. The molecule has 1 amide bonds. The van der Waals surface area contributed by atoms with Gasteiger partial charge >= 0.3 is 5.97 Å². The molecule has 1 aromatic carbocycles. The van der Waals surface area contributed by atoms with Gasteiger partial charge in [0, 0.05) is 5.02 Å². The number of carbonyl (C=O) groups excluding carboxylic acids is 2. The minimum absolute atomic E-state index is 0.0946. The fraction of sp³-hybridized carbons (Fsp3) is 0.111. The lowest BCUT2D eigenvalue weighted by Crippen LogP contribution is -2.11. The van der Waals surface area contributed by atoms with Gasteiger partial charge in [-0.3, -0.25) is 4.79 Å². The Labute approximate surface area is 158 Å². The van der Waals surface area contributed by atoms with Crippen molar-refractivity contribution in [3.8, 4) is 5.75 Å². The van der Waals surface area contributed by atoms with Gasteiger partial charge in [-0.2, -0.15) is 0 Å². The van der Waals surface area contributed by atoms with Gasteiger partial charge in [0.05, 0.1) is 11.3 Å². The number of esters is 1. The Bertz CT molecular complexity index is 891. The van der Waals surface area contributed by atoms with Crippen LogP contribution in [0.5, 0.6) is 5.75 Å². The van der Waals surface area contributed by atoms with Gasteiger partial charge in [0.2, 0.25) is 0 Å². The van der Waals surface area contributed by atoms with Crippen LogP contribution in [-0.4, -0.2) is 25.1 Å².